The maximum atomic E-state index is 11.4. The number of nitrogens with one attached hydrogen (secondary N) is 1. The zero-order valence-electron chi connectivity index (χ0n) is 8.41. The number of hydrogen-bond acceptors (Lipinski definition) is 3. The van der Waals surface area contributed by atoms with E-state index in [2.05, 4.69) is 21.2 Å². The van der Waals surface area contributed by atoms with Crippen LogP contribution in [0.3, 0.4) is 0 Å². The number of rotatable bonds is 4. The van der Waals surface area contributed by atoms with E-state index in [1.54, 1.807) is 18.2 Å². The van der Waals surface area contributed by atoms with Crippen molar-refractivity contribution in [2.75, 3.05) is 11.9 Å². The zero-order valence-corrected chi connectivity index (χ0v) is 10.8. The number of amides is 1. The summed E-state index contributed by atoms with van der Waals surface area (Å²) in [5.74, 6) is -0.285. The molecular formula is C10H12BrClN2O2. The number of aliphatic hydroxyl groups excluding tert-OH is 1. The summed E-state index contributed by atoms with van der Waals surface area (Å²) in [4.78, 5) is 11.4. The fourth-order valence-corrected chi connectivity index (χ4v) is 1.58. The van der Waals surface area contributed by atoms with E-state index in [1.807, 2.05) is 0 Å². The Morgan fingerprint density at radius 3 is 2.88 bits per heavy atom. The molecular weight excluding hydrogens is 295 g/mol. The van der Waals surface area contributed by atoms with Crippen LogP contribution in [-0.4, -0.2) is 23.7 Å². The molecule has 1 amide bonds. The minimum absolute atomic E-state index is 0.0171. The molecule has 0 heterocycles. The molecule has 1 atom stereocenters. The van der Waals surface area contributed by atoms with Gasteiger partial charge in [0.1, 0.15) is 0 Å². The Balaban J connectivity index is 2.59. The normalized spacial score (nSPS) is 12.2. The van der Waals surface area contributed by atoms with Crippen molar-refractivity contribution in [2.24, 2.45) is 5.73 Å². The van der Waals surface area contributed by atoms with Gasteiger partial charge in [-0.05, 0) is 34.1 Å². The highest BCUT2D eigenvalue weighted by atomic mass is 79.9. The number of carbonyl (C=O) groups is 1. The monoisotopic (exact) mass is 306 g/mol. The first-order chi connectivity index (χ1) is 7.52. The highest BCUT2D eigenvalue weighted by molar-refractivity contribution is 9.10. The Kier molecular flexibility index (Phi) is 5.21. The van der Waals surface area contributed by atoms with Gasteiger partial charge in [-0.15, -0.1) is 0 Å². The van der Waals surface area contributed by atoms with Crippen molar-refractivity contribution in [3.8, 4) is 0 Å². The molecule has 16 heavy (non-hydrogen) atoms. The van der Waals surface area contributed by atoms with Crippen LogP contribution < -0.4 is 11.1 Å². The molecule has 1 rings (SSSR count). The first kappa shape index (κ1) is 13.4. The van der Waals surface area contributed by atoms with Crippen LogP contribution in [0.2, 0.25) is 5.02 Å². The summed E-state index contributed by atoms with van der Waals surface area (Å²) in [6.07, 6.45) is -0.827. The molecule has 0 saturated carbocycles. The number of aliphatic hydroxyl groups is 1. The molecule has 4 N–H and O–H groups in total. The number of hydrogen-bond donors (Lipinski definition) is 3. The molecule has 0 spiro atoms. The van der Waals surface area contributed by atoms with E-state index in [4.69, 9.17) is 17.3 Å². The van der Waals surface area contributed by atoms with Crippen LogP contribution >= 0.6 is 27.5 Å². The Morgan fingerprint density at radius 2 is 2.31 bits per heavy atom. The molecule has 1 unspecified atom stereocenters. The van der Waals surface area contributed by atoms with E-state index in [0.29, 0.717) is 15.2 Å². The molecule has 1 aromatic rings. The highest BCUT2D eigenvalue weighted by Crippen LogP contribution is 2.25. The second kappa shape index (κ2) is 6.20. The summed E-state index contributed by atoms with van der Waals surface area (Å²) in [5.41, 5.74) is 5.82. The maximum absolute atomic E-state index is 11.4. The number of nitrogens with two attached hydrogens (primary N) is 1. The van der Waals surface area contributed by atoms with Crippen molar-refractivity contribution in [1.29, 1.82) is 0 Å². The van der Waals surface area contributed by atoms with E-state index in [1.165, 1.54) is 0 Å². The van der Waals surface area contributed by atoms with Crippen LogP contribution in [0.1, 0.15) is 6.42 Å². The molecule has 0 aliphatic carbocycles. The quantitative estimate of drug-likeness (QED) is 0.793. The molecule has 0 aliphatic rings. The Bertz CT molecular complexity index is 387. The number of anilines is 1. The average Bonchev–Trinajstić information content (AvgIpc) is 2.23. The molecule has 88 valence electrons. The summed E-state index contributed by atoms with van der Waals surface area (Å²) in [5, 5.41) is 12.4. The van der Waals surface area contributed by atoms with E-state index in [9.17, 15) is 9.90 Å². The van der Waals surface area contributed by atoms with Crippen molar-refractivity contribution < 1.29 is 9.90 Å². The van der Waals surface area contributed by atoms with Gasteiger partial charge in [0.05, 0.1) is 17.5 Å². The second-order valence-corrected chi connectivity index (χ2v) is 4.53. The van der Waals surface area contributed by atoms with Gasteiger partial charge in [-0.3, -0.25) is 4.79 Å². The molecule has 0 bridgehead atoms. The molecule has 1 aromatic carbocycles. The van der Waals surface area contributed by atoms with Gasteiger partial charge >= 0.3 is 0 Å². The minimum Gasteiger partial charge on any atom is -0.391 e. The van der Waals surface area contributed by atoms with Crippen molar-refractivity contribution >= 4 is 39.1 Å². The van der Waals surface area contributed by atoms with E-state index in [-0.39, 0.29) is 18.9 Å². The molecule has 0 saturated heterocycles. The Labute approximate surface area is 107 Å². The maximum Gasteiger partial charge on any atom is 0.227 e. The van der Waals surface area contributed by atoms with E-state index in [0.717, 1.165) is 0 Å². The van der Waals surface area contributed by atoms with Crippen LogP contribution in [0, 0.1) is 0 Å². The lowest BCUT2D eigenvalue weighted by Gasteiger charge is -2.09. The molecule has 0 radical (unpaired) electrons. The van der Waals surface area contributed by atoms with Crippen LogP contribution in [0.15, 0.2) is 22.7 Å². The summed E-state index contributed by atoms with van der Waals surface area (Å²) in [6, 6.07) is 5.04. The fraction of sp³-hybridized carbons (Fsp3) is 0.300. The van der Waals surface area contributed by atoms with Crippen LogP contribution in [0.25, 0.3) is 0 Å². The molecule has 0 aromatic heterocycles. The van der Waals surface area contributed by atoms with Gasteiger partial charge in [0, 0.05) is 16.7 Å². The van der Waals surface area contributed by atoms with Crippen molar-refractivity contribution in [3.63, 3.8) is 0 Å². The lowest BCUT2D eigenvalue weighted by Crippen LogP contribution is -2.26. The number of halogens is 2. The third-order valence-electron chi connectivity index (χ3n) is 1.90. The van der Waals surface area contributed by atoms with E-state index < -0.39 is 6.10 Å². The van der Waals surface area contributed by atoms with Gasteiger partial charge in [0.15, 0.2) is 0 Å². The molecule has 0 fully saturated rings. The van der Waals surface area contributed by atoms with Gasteiger partial charge in [-0.25, -0.2) is 0 Å². The molecule has 4 nitrogen and oxygen atoms in total. The van der Waals surface area contributed by atoms with Crippen LogP contribution in [0.4, 0.5) is 5.69 Å². The predicted molar refractivity (Wildman–Crippen MR) is 67.5 cm³/mol. The van der Waals surface area contributed by atoms with Gasteiger partial charge < -0.3 is 16.2 Å². The third kappa shape index (κ3) is 4.09. The molecule has 6 heteroatoms. The summed E-state index contributed by atoms with van der Waals surface area (Å²) >= 11 is 9.06. The summed E-state index contributed by atoms with van der Waals surface area (Å²) in [7, 11) is 0. The first-order valence-corrected chi connectivity index (χ1v) is 5.83. The Morgan fingerprint density at radius 1 is 1.62 bits per heavy atom. The standard InChI is InChI=1S/C10H12BrClN2O2/c11-8-3-6(1-2-9(8)12)14-10(16)4-7(15)5-13/h1-3,7,15H,4-5,13H2,(H,14,16). The average molecular weight is 308 g/mol. The molecule has 0 aliphatic heterocycles. The zero-order chi connectivity index (χ0) is 12.1. The Hall–Kier alpha value is -0.620. The number of benzene rings is 1. The third-order valence-corrected chi connectivity index (χ3v) is 3.11. The summed E-state index contributed by atoms with van der Waals surface area (Å²) < 4.78 is 0.700. The van der Waals surface area contributed by atoms with Gasteiger partial charge in [-0.2, -0.15) is 0 Å². The van der Waals surface area contributed by atoms with E-state index >= 15 is 0 Å². The van der Waals surface area contributed by atoms with Crippen molar-refractivity contribution in [3.05, 3.63) is 27.7 Å². The summed E-state index contributed by atoms with van der Waals surface area (Å²) in [6.45, 7) is 0.0672. The van der Waals surface area contributed by atoms with Crippen LogP contribution in [0.5, 0.6) is 0 Å². The predicted octanol–water partition coefficient (Wildman–Crippen LogP) is 1.75. The van der Waals surface area contributed by atoms with Crippen LogP contribution in [-0.2, 0) is 4.79 Å². The lowest BCUT2D eigenvalue weighted by molar-refractivity contribution is -0.117. The minimum atomic E-state index is -0.809. The fourth-order valence-electron chi connectivity index (χ4n) is 1.08. The first-order valence-electron chi connectivity index (χ1n) is 4.66. The van der Waals surface area contributed by atoms with Gasteiger partial charge in [-0.1, -0.05) is 11.6 Å². The lowest BCUT2D eigenvalue weighted by atomic mass is 10.2. The van der Waals surface area contributed by atoms with Gasteiger partial charge in [0.25, 0.3) is 0 Å². The number of carbonyl (C=O) groups excluding carboxylic acids is 1. The largest absolute Gasteiger partial charge is 0.391 e. The highest BCUT2D eigenvalue weighted by Gasteiger charge is 2.09. The second-order valence-electron chi connectivity index (χ2n) is 3.27. The topological polar surface area (TPSA) is 75.3 Å². The smallest absolute Gasteiger partial charge is 0.227 e. The SMILES string of the molecule is NCC(O)CC(=O)Nc1ccc(Cl)c(Br)c1. The van der Waals surface area contributed by atoms with Crippen molar-refractivity contribution in [2.45, 2.75) is 12.5 Å². The van der Waals surface area contributed by atoms with Gasteiger partial charge in [0.2, 0.25) is 5.91 Å². The van der Waals surface area contributed by atoms with Crippen molar-refractivity contribution in [1.82, 2.24) is 0 Å².